The van der Waals surface area contributed by atoms with Gasteiger partial charge in [0, 0.05) is 5.92 Å². The number of aliphatic hydroxyl groups is 2. The summed E-state index contributed by atoms with van der Waals surface area (Å²) in [5.74, 6) is 0.685. The summed E-state index contributed by atoms with van der Waals surface area (Å²) in [5.41, 5.74) is 4.03. The van der Waals surface area contributed by atoms with Crippen LogP contribution in [0.1, 0.15) is 39.5 Å². The average Bonchev–Trinajstić information content (AvgIpc) is 2.25. The van der Waals surface area contributed by atoms with E-state index in [1.54, 1.807) is 0 Å². The molecule has 2 heteroatoms. The van der Waals surface area contributed by atoms with Crippen molar-refractivity contribution in [2.45, 2.75) is 51.7 Å². The van der Waals surface area contributed by atoms with Gasteiger partial charge in [-0.1, -0.05) is 30.2 Å². The Balaban J connectivity index is 2.22. The summed E-state index contributed by atoms with van der Waals surface area (Å²) in [6.45, 7) is 8.16. The van der Waals surface area contributed by atoms with Gasteiger partial charge in [-0.25, -0.2) is 0 Å². The summed E-state index contributed by atoms with van der Waals surface area (Å²) in [6, 6.07) is 0. The van der Waals surface area contributed by atoms with Gasteiger partial charge < -0.3 is 10.2 Å². The third-order valence-corrected chi connectivity index (χ3v) is 4.32. The maximum absolute atomic E-state index is 9.90. The van der Waals surface area contributed by atoms with Gasteiger partial charge in [0.25, 0.3) is 0 Å². The summed E-state index contributed by atoms with van der Waals surface area (Å²) < 4.78 is 0. The Morgan fingerprint density at radius 1 is 1.31 bits per heavy atom. The molecule has 0 heterocycles. The van der Waals surface area contributed by atoms with Crippen LogP contribution < -0.4 is 0 Å². The highest BCUT2D eigenvalue weighted by Crippen LogP contribution is 2.42. The standard InChI is InChI=1S/C14H22O2/c1-8(2)10-4-5-11-7-13(15)14(16)9(3)12(11)6-10/h9-10,13-16H,1,4-7H2,2-3H3. The van der Waals surface area contributed by atoms with Crippen molar-refractivity contribution in [1.82, 2.24) is 0 Å². The molecule has 2 nitrogen and oxygen atoms in total. The minimum atomic E-state index is -0.581. The Morgan fingerprint density at radius 2 is 2.00 bits per heavy atom. The highest BCUT2D eigenvalue weighted by Gasteiger charge is 2.36. The van der Waals surface area contributed by atoms with Crippen LogP contribution >= 0.6 is 0 Å². The van der Waals surface area contributed by atoms with E-state index in [1.165, 1.54) is 16.7 Å². The van der Waals surface area contributed by atoms with Crippen LogP contribution in [0, 0.1) is 11.8 Å². The molecule has 0 radical (unpaired) electrons. The van der Waals surface area contributed by atoms with Crippen molar-refractivity contribution in [2.75, 3.05) is 0 Å². The first kappa shape index (κ1) is 11.9. The monoisotopic (exact) mass is 222 g/mol. The quantitative estimate of drug-likeness (QED) is 0.669. The van der Waals surface area contributed by atoms with Gasteiger partial charge in [0.2, 0.25) is 0 Å². The molecule has 16 heavy (non-hydrogen) atoms. The second-order valence-electron chi connectivity index (χ2n) is 5.47. The molecule has 0 saturated carbocycles. The lowest BCUT2D eigenvalue weighted by molar-refractivity contribution is -0.0142. The van der Waals surface area contributed by atoms with Crippen LogP contribution in [-0.4, -0.2) is 22.4 Å². The largest absolute Gasteiger partial charge is 0.390 e. The first-order chi connectivity index (χ1) is 7.50. The molecule has 0 fully saturated rings. The molecule has 4 atom stereocenters. The molecular weight excluding hydrogens is 200 g/mol. The van der Waals surface area contributed by atoms with Gasteiger partial charge >= 0.3 is 0 Å². The molecule has 0 aliphatic heterocycles. The van der Waals surface area contributed by atoms with Crippen molar-refractivity contribution >= 4 is 0 Å². The van der Waals surface area contributed by atoms with E-state index in [0.29, 0.717) is 12.3 Å². The van der Waals surface area contributed by atoms with E-state index in [9.17, 15) is 10.2 Å². The Hall–Kier alpha value is -0.600. The van der Waals surface area contributed by atoms with E-state index in [-0.39, 0.29) is 5.92 Å². The first-order valence-electron chi connectivity index (χ1n) is 6.23. The molecule has 2 N–H and O–H groups in total. The maximum Gasteiger partial charge on any atom is 0.0864 e. The molecule has 0 bridgehead atoms. The lowest BCUT2D eigenvalue weighted by Crippen LogP contribution is -2.39. The fourth-order valence-electron chi connectivity index (χ4n) is 3.10. The van der Waals surface area contributed by atoms with E-state index < -0.39 is 12.2 Å². The lowest BCUT2D eigenvalue weighted by atomic mass is 9.70. The summed E-state index contributed by atoms with van der Waals surface area (Å²) in [5, 5.41) is 19.7. The summed E-state index contributed by atoms with van der Waals surface area (Å²) in [7, 11) is 0. The smallest absolute Gasteiger partial charge is 0.0864 e. The zero-order valence-corrected chi connectivity index (χ0v) is 10.2. The molecule has 0 aromatic rings. The second-order valence-corrected chi connectivity index (χ2v) is 5.47. The van der Waals surface area contributed by atoms with Gasteiger partial charge in [0.05, 0.1) is 12.2 Å². The van der Waals surface area contributed by atoms with E-state index in [4.69, 9.17) is 0 Å². The van der Waals surface area contributed by atoms with Crippen LogP contribution in [0.15, 0.2) is 23.3 Å². The number of rotatable bonds is 1. The summed E-state index contributed by atoms with van der Waals surface area (Å²) >= 11 is 0. The fourth-order valence-corrected chi connectivity index (χ4v) is 3.10. The van der Waals surface area contributed by atoms with Gasteiger partial charge in [0.1, 0.15) is 0 Å². The van der Waals surface area contributed by atoms with Crippen molar-refractivity contribution in [2.24, 2.45) is 11.8 Å². The van der Waals surface area contributed by atoms with Gasteiger partial charge in [-0.3, -0.25) is 0 Å². The predicted molar refractivity (Wildman–Crippen MR) is 65.0 cm³/mol. The van der Waals surface area contributed by atoms with Crippen molar-refractivity contribution in [1.29, 1.82) is 0 Å². The Bertz CT molecular complexity index is 330. The van der Waals surface area contributed by atoms with Crippen molar-refractivity contribution in [3.8, 4) is 0 Å². The van der Waals surface area contributed by atoms with Crippen LogP contribution in [-0.2, 0) is 0 Å². The fraction of sp³-hybridized carbons (Fsp3) is 0.714. The van der Waals surface area contributed by atoms with Gasteiger partial charge in [-0.2, -0.15) is 0 Å². The Morgan fingerprint density at radius 3 is 2.62 bits per heavy atom. The normalized spacial score (nSPS) is 39.5. The zero-order valence-electron chi connectivity index (χ0n) is 10.2. The number of hydrogen-bond donors (Lipinski definition) is 2. The van der Waals surface area contributed by atoms with Crippen LogP contribution in [0.2, 0.25) is 0 Å². The third kappa shape index (κ3) is 1.96. The molecule has 2 aliphatic rings. The minimum Gasteiger partial charge on any atom is -0.390 e. The highest BCUT2D eigenvalue weighted by atomic mass is 16.3. The number of allylic oxidation sites excluding steroid dienone is 1. The molecule has 2 aliphatic carbocycles. The van der Waals surface area contributed by atoms with E-state index in [1.807, 2.05) is 6.92 Å². The predicted octanol–water partition coefficient (Wildman–Crippen LogP) is 2.42. The van der Waals surface area contributed by atoms with E-state index in [0.717, 1.165) is 19.3 Å². The van der Waals surface area contributed by atoms with Crippen molar-refractivity contribution in [3.63, 3.8) is 0 Å². The third-order valence-electron chi connectivity index (χ3n) is 4.32. The number of aliphatic hydroxyl groups excluding tert-OH is 2. The molecule has 0 saturated heterocycles. The zero-order chi connectivity index (χ0) is 11.9. The molecule has 2 rings (SSSR count). The molecule has 0 aromatic heterocycles. The van der Waals surface area contributed by atoms with Gasteiger partial charge in [0.15, 0.2) is 0 Å². The van der Waals surface area contributed by atoms with Crippen LogP contribution in [0.4, 0.5) is 0 Å². The van der Waals surface area contributed by atoms with E-state index >= 15 is 0 Å². The van der Waals surface area contributed by atoms with Crippen molar-refractivity contribution in [3.05, 3.63) is 23.3 Å². The summed E-state index contributed by atoms with van der Waals surface area (Å²) in [6.07, 6.45) is 2.79. The molecule has 90 valence electrons. The average molecular weight is 222 g/mol. The minimum absolute atomic E-state index is 0.112. The second kappa shape index (κ2) is 4.34. The van der Waals surface area contributed by atoms with Crippen LogP contribution in [0.5, 0.6) is 0 Å². The molecule has 0 aromatic carbocycles. The van der Waals surface area contributed by atoms with Gasteiger partial charge in [-0.05, 0) is 38.5 Å². The van der Waals surface area contributed by atoms with Gasteiger partial charge in [-0.15, -0.1) is 0 Å². The molecular formula is C14H22O2. The SMILES string of the molecule is C=C(C)C1CCC2=C(C1)C(C)C(O)C(O)C2. The first-order valence-corrected chi connectivity index (χ1v) is 6.23. The van der Waals surface area contributed by atoms with Crippen LogP contribution in [0.3, 0.4) is 0 Å². The number of hydrogen-bond acceptors (Lipinski definition) is 2. The van der Waals surface area contributed by atoms with Crippen LogP contribution in [0.25, 0.3) is 0 Å². The maximum atomic E-state index is 9.90. The highest BCUT2D eigenvalue weighted by molar-refractivity contribution is 5.27. The molecule has 0 spiro atoms. The molecule has 4 unspecified atom stereocenters. The lowest BCUT2D eigenvalue weighted by Gasteiger charge is -2.39. The topological polar surface area (TPSA) is 40.5 Å². The van der Waals surface area contributed by atoms with Crippen molar-refractivity contribution < 1.29 is 10.2 Å². The van der Waals surface area contributed by atoms with E-state index in [2.05, 4.69) is 13.5 Å². The molecule has 0 amide bonds. The Kier molecular flexibility index (Phi) is 3.22. The summed E-state index contributed by atoms with van der Waals surface area (Å²) in [4.78, 5) is 0. The Labute approximate surface area is 97.7 Å².